The molecule has 0 bridgehead atoms. The first-order valence-corrected chi connectivity index (χ1v) is 6.97. The van der Waals surface area contributed by atoms with Crippen LogP contribution in [0.15, 0.2) is 21.1 Å². The normalized spacial score (nSPS) is 9.33. The molecule has 1 aromatic carbocycles. The van der Waals surface area contributed by atoms with Crippen molar-refractivity contribution in [3.63, 3.8) is 0 Å². The predicted molar refractivity (Wildman–Crippen MR) is 71.2 cm³/mol. The molecule has 106 valence electrons. The van der Waals surface area contributed by atoms with Crippen LogP contribution in [0.3, 0.4) is 0 Å². The van der Waals surface area contributed by atoms with Crippen LogP contribution in [-0.2, 0) is 6.42 Å². The van der Waals surface area contributed by atoms with Crippen LogP contribution in [0.5, 0.6) is 5.75 Å². The molecule has 1 aromatic rings. The summed E-state index contributed by atoms with van der Waals surface area (Å²) in [5, 5.41) is 0. The minimum atomic E-state index is 0. The zero-order valence-corrected chi connectivity index (χ0v) is 14.7. The van der Waals surface area contributed by atoms with E-state index in [1.54, 1.807) is 0 Å². The Kier molecular flexibility index (Phi) is 13.1. The summed E-state index contributed by atoms with van der Waals surface area (Å²) in [6.45, 7) is 2.50. The van der Waals surface area contributed by atoms with E-state index < -0.39 is 0 Å². The number of quaternary nitrogens is 2. The molecule has 18 heavy (non-hydrogen) atoms. The highest BCUT2D eigenvalue weighted by Crippen LogP contribution is 2.34. The summed E-state index contributed by atoms with van der Waals surface area (Å²) in [7, 11) is 0. The topological polar surface area (TPSA) is 64.5 Å². The quantitative estimate of drug-likeness (QED) is 0.441. The van der Waals surface area contributed by atoms with Crippen molar-refractivity contribution in [1.29, 1.82) is 0 Å². The molecule has 1 rings (SSSR count). The molecule has 0 saturated heterocycles. The second-order valence-corrected chi connectivity index (χ2v) is 5.26. The molecule has 0 saturated carbocycles. The Hall–Kier alpha value is 0.480. The lowest BCUT2D eigenvalue weighted by Gasteiger charge is -2.11. The second kappa shape index (κ2) is 11.3. The van der Waals surface area contributed by atoms with Crippen molar-refractivity contribution in [2.75, 3.05) is 19.7 Å². The maximum absolute atomic E-state index is 5.69. The van der Waals surface area contributed by atoms with Crippen molar-refractivity contribution in [2.24, 2.45) is 0 Å². The fraction of sp³-hybridized carbons (Fsp3) is 0.455. The van der Waals surface area contributed by atoms with Gasteiger partial charge in [-0.1, -0.05) is 0 Å². The molecular weight excluding hydrogens is 407 g/mol. The SMILES string of the molecule is [Cl-].[Cl-].[NH3+]CCCOc1c(Br)cc(CC[NH3+])cc1Br. The highest BCUT2D eigenvalue weighted by molar-refractivity contribution is 9.11. The highest BCUT2D eigenvalue weighted by Gasteiger charge is 2.08. The summed E-state index contributed by atoms with van der Waals surface area (Å²) >= 11 is 7.06. The van der Waals surface area contributed by atoms with Gasteiger partial charge in [0.15, 0.2) is 0 Å². The molecule has 0 radical (unpaired) electrons. The molecule has 0 fully saturated rings. The third-order valence-corrected chi connectivity index (χ3v) is 3.34. The van der Waals surface area contributed by atoms with Crippen molar-refractivity contribution in [3.8, 4) is 5.75 Å². The average molecular weight is 425 g/mol. The number of benzene rings is 1. The summed E-state index contributed by atoms with van der Waals surface area (Å²) < 4.78 is 7.68. The van der Waals surface area contributed by atoms with Crippen LogP contribution in [-0.4, -0.2) is 19.7 Å². The minimum Gasteiger partial charge on any atom is -1.00 e. The van der Waals surface area contributed by atoms with Gasteiger partial charge in [0.2, 0.25) is 0 Å². The van der Waals surface area contributed by atoms with Crippen LogP contribution in [0.25, 0.3) is 0 Å². The van der Waals surface area contributed by atoms with E-state index in [2.05, 4.69) is 55.5 Å². The zero-order chi connectivity index (χ0) is 12.0. The molecule has 0 heterocycles. The molecule has 6 N–H and O–H groups in total. The summed E-state index contributed by atoms with van der Waals surface area (Å²) in [6.07, 6.45) is 1.95. The first-order chi connectivity index (χ1) is 7.69. The molecular formula is C11H18Br2Cl2N2O. The van der Waals surface area contributed by atoms with Crippen molar-refractivity contribution < 1.29 is 41.0 Å². The van der Waals surface area contributed by atoms with Gasteiger partial charge in [0.1, 0.15) is 5.75 Å². The Bertz CT molecular complexity index is 331. The summed E-state index contributed by atoms with van der Waals surface area (Å²) in [5.41, 5.74) is 8.91. The minimum absolute atomic E-state index is 0. The maximum atomic E-state index is 5.69. The highest BCUT2D eigenvalue weighted by atomic mass is 79.9. The number of halogens is 4. The first kappa shape index (κ1) is 20.8. The third-order valence-electron chi connectivity index (χ3n) is 2.16. The van der Waals surface area contributed by atoms with Gasteiger partial charge >= 0.3 is 0 Å². The molecule has 0 aliphatic heterocycles. The standard InChI is InChI=1S/C11H16Br2N2O.2ClH/c12-9-6-8(2-4-15)7-10(13)11(9)16-5-1-3-14;;/h6-7H,1-5,14-15H2;2*1H. The fourth-order valence-corrected chi connectivity index (χ4v) is 2.89. The van der Waals surface area contributed by atoms with Crippen molar-refractivity contribution in [2.45, 2.75) is 12.8 Å². The molecule has 0 aliphatic rings. The lowest BCUT2D eigenvalue weighted by molar-refractivity contribution is -0.369. The lowest BCUT2D eigenvalue weighted by atomic mass is 10.1. The van der Waals surface area contributed by atoms with Gasteiger partial charge in [-0.3, -0.25) is 0 Å². The molecule has 3 nitrogen and oxygen atoms in total. The van der Waals surface area contributed by atoms with Crippen molar-refractivity contribution >= 4 is 31.9 Å². The molecule has 0 unspecified atom stereocenters. The van der Waals surface area contributed by atoms with Gasteiger partial charge in [0.25, 0.3) is 0 Å². The Morgan fingerprint density at radius 3 is 2.00 bits per heavy atom. The van der Waals surface area contributed by atoms with Gasteiger partial charge < -0.3 is 41.0 Å². The van der Waals surface area contributed by atoms with Crippen molar-refractivity contribution in [3.05, 3.63) is 26.6 Å². The largest absolute Gasteiger partial charge is 1.00 e. The maximum Gasteiger partial charge on any atom is 0.147 e. The van der Waals surface area contributed by atoms with Crippen LogP contribution in [0.1, 0.15) is 12.0 Å². The van der Waals surface area contributed by atoms with E-state index in [4.69, 9.17) is 4.74 Å². The number of hydrogen-bond acceptors (Lipinski definition) is 1. The van der Waals surface area contributed by atoms with Crippen LogP contribution < -0.4 is 41.0 Å². The van der Waals surface area contributed by atoms with Crippen LogP contribution in [0.4, 0.5) is 0 Å². The van der Waals surface area contributed by atoms with Gasteiger partial charge in [-0.25, -0.2) is 0 Å². The van der Waals surface area contributed by atoms with Crippen LogP contribution in [0.2, 0.25) is 0 Å². The molecule has 0 amide bonds. The van der Waals surface area contributed by atoms with Gasteiger partial charge in [-0.2, -0.15) is 0 Å². The third kappa shape index (κ3) is 6.59. The molecule has 7 heteroatoms. The zero-order valence-electron chi connectivity index (χ0n) is 10.0. The monoisotopic (exact) mass is 422 g/mol. The van der Waals surface area contributed by atoms with E-state index in [1.807, 2.05) is 0 Å². The van der Waals surface area contributed by atoms with E-state index in [0.717, 1.165) is 40.6 Å². The lowest BCUT2D eigenvalue weighted by Crippen LogP contribution is -3.00. The molecule has 0 aliphatic carbocycles. The Balaban J connectivity index is 0. The van der Waals surface area contributed by atoms with Crippen LogP contribution >= 0.6 is 31.9 Å². The van der Waals surface area contributed by atoms with Gasteiger partial charge in [0.05, 0.1) is 28.6 Å². The van der Waals surface area contributed by atoms with Gasteiger partial charge in [-0.05, 0) is 49.6 Å². The van der Waals surface area contributed by atoms with Crippen LogP contribution in [0, 0.1) is 0 Å². The number of ether oxygens (including phenoxy) is 1. The summed E-state index contributed by atoms with van der Waals surface area (Å²) in [6, 6.07) is 4.19. The van der Waals surface area contributed by atoms with E-state index >= 15 is 0 Å². The summed E-state index contributed by atoms with van der Waals surface area (Å²) in [5.74, 6) is 0.876. The van der Waals surface area contributed by atoms with E-state index in [9.17, 15) is 0 Å². The average Bonchev–Trinajstić information content (AvgIpc) is 2.23. The molecule has 0 spiro atoms. The number of hydrogen-bond donors (Lipinski definition) is 2. The van der Waals surface area contributed by atoms with E-state index in [1.165, 1.54) is 5.56 Å². The Morgan fingerprint density at radius 2 is 1.56 bits per heavy atom. The van der Waals surface area contributed by atoms with E-state index in [0.29, 0.717) is 6.61 Å². The van der Waals surface area contributed by atoms with Gasteiger partial charge in [-0.15, -0.1) is 0 Å². The first-order valence-electron chi connectivity index (χ1n) is 5.38. The summed E-state index contributed by atoms with van der Waals surface area (Å²) in [4.78, 5) is 0. The Morgan fingerprint density at radius 1 is 1.00 bits per heavy atom. The fourth-order valence-electron chi connectivity index (χ4n) is 1.38. The smallest absolute Gasteiger partial charge is 0.147 e. The molecule has 0 atom stereocenters. The van der Waals surface area contributed by atoms with Gasteiger partial charge in [0, 0.05) is 12.8 Å². The number of rotatable bonds is 6. The van der Waals surface area contributed by atoms with E-state index in [-0.39, 0.29) is 24.8 Å². The second-order valence-electron chi connectivity index (χ2n) is 3.55. The predicted octanol–water partition coefficient (Wildman–Crippen LogP) is -4.99. The van der Waals surface area contributed by atoms with Crippen molar-refractivity contribution in [1.82, 2.24) is 0 Å². The Labute approximate surface area is 137 Å². The molecule has 0 aromatic heterocycles.